The van der Waals surface area contributed by atoms with Crippen LogP contribution in [0.3, 0.4) is 0 Å². The van der Waals surface area contributed by atoms with Crippen LogP contribution < -0.4 is 5.43 Å². The molecule has 1 aromatic rings. The number of aryl methyl sites for hydroxylation is 2. The summed E-state index contributed by atoms with van der Waals surface area (Å²) in [5.74, 6) is 0.516. The van der Waals surface area contributed by atoms with E-state index < -0.39 is 0 Å². The zero-order valence-electron chi connectivity index (χ0n) is 13.7. The van der Waals surface area contributed by atoms with E-state index in [9.17, 15) is 5.21 Å². The third-order valence-corrected chi connectivity index (χ3v) is 3.72. The van der Waals surface area contributed by atoms with E-state index in [1.54, 1.807) is 0 Å². The average molecular weight is 291 g/mol. The van der Waals surface area contributed by atoms with Gasteiger partial charge in [-0.3, -0.25) is 0 Å². The van der Waals surface area contributed by atoms with Crippen LogP contribution in [0.2, 0.25) is 0 Å². The van der Waals surface area contributed by atoms with Crippen LogP contribution in [0.5, 0.6) is 0 Å². The molecule has 0 bridgehead atoms. The van der Waals surface area contributed by atoms with Crippen LogP contribution in [0.25, 0.3) is 0 Å². The molecule has 6 nitrogen and oxygen atoms in total. The second kappa shape index (κ2) is 5.35. The second-order valence-corrected chi connectivity index (χ2v) is 7.05. The predicted octanol–water partition coefficient (Wildman–Crippen LogP) is 2.90. The number of aromatic nitrogens is 2. The van der Waals surface area contributed by atoms with E-state index in [0.717, 1.165) is 17.1 Å². The Hall–Kier alpha value is -1.53. The molecule has 1 aromatic heterocycles. The number of hydroxylamine groups is 2. The van der Waals surface area contributed by atoms with E-state index in [1.807, 2.05) is 47.6 Å². The molecule has 0 radical (unpaired) electrons. The van der Waals surface area contributed by atoms with Crippen molar-refractivity contribution in [2.75, 3.05) is 5.43 Å². The van der Waals surface area contributed by atoms with Crippen LogP contribution in [0.4, 0.5) is 5.95 Å². The summed E-state index contributed by atoms with van der Waals surface area (Å²) in [7, 11) is 0. The zero-order valence-corrected chi connectivity index (χ0v) is 13.7. The first-order valence-electron chi connectivity index (χ1n) is 7.23. The predicted molar refractivity (Wildman–Crippen MR) is 83.6 cm³/mol. The highest BCUT2D eigenvalue weighted by molar-refractivity contribution is 5.87. The van der Waals surface area contributed by atoms with Crippen LogP contribution in [-0.4, -0.2) is 37.0 Å². The number of hydrogen-bond donors (Lipinski definition) is 2. The Balaban J connectivity index is 2.18. The molecule has 1 aliphatic rings. The lowest BCUT2D eigenvalue weighted by Gasteiger charge is -2.48. The Morgan fingerprint density at radius 1 is 1.10 bits per heavy atom. The third-order valence-electron chi connectivity index (χ3n) is 3.72. The van der Waals surface area contributed by atoms with Crippen molar-refractivity contribution in [2.45, 2.75) is 65.5 Å². The molecule has 0 amide bonds. The number of hydrogen-bond acceptors (Lipinski definition) is 6. The average Bonchev–Trinajstić information content (AvgIpc) is 2.31. The van der Waals surface area contributed by atoms with Crippen LogP contribution >= 0.6 is 0 Å². The van der Waals surface area contributed by atoms with E-state index >= 15 is 0 Å². The molecule has 1 fully saturated rings. The van der Waals surface area contributed by atoms with Crippen molar-refractivity contribution < 1.29 is 5.21 Å². The van der Waals surface area contributed by atoms with Crippen molar-refractivity contribution in [3.63, 3.8) is 0 Å². The van der Waals surface area contributed by atoms with Crippen LogP contribution in [0.15, 0.2) is 11.2 Å². The molecule has 116 valence electrons. The summed E-state index contributed by atoms with van der Waals surface area (Å²) in [6.45, 7) is 11.9. The third kappa shape index (κ3) is 3.57. The van der Waals surface area contributed by atoms with Crippen LogP contribution in [0, 0.1) is 13.8 Å². The van der Waals surface area contributed by atoms with Crippen LogP contribution in [0.1, 0.15) is 51.9 Å². The maximum absolute atomic E-state index is 10.3. The Labute approximate surface area is 126 Å². The minimum absolute atomic E-state index is 0.342. The monoisotopic (exact) mass is 291 g/mol. The highest BCUT2D eigenvalue weighted by Crippen LogP contribution is 2.35. The summed E-state index contributed by atoms with van der Waals surface area (Å²) >= 11 is 0. The van der Waals surface area contributed by atoms with Gasteiger partial charge in [0, 0.05) is 41.0 Å². The summed E-state index contributed by atoms with van der Waals surface area (Å²) in [5, 5.41) is 16.2. The molecule has 21 heavy (non-hydrogen) atoms. The molecular weight excluding hydrogens is 266 g/mol. The van der Waals surface area contributed by atoms with Gasteiger partial charge in [-0.2, -0.15) is 10.2 Å². The molecule has 2 heterocycles. The van der Waals surface area contributed by atoms with Gasteiger partial charge in [-0.1, -0.05) is 0 Å². The molecule has 2 N–H and O–H groups in total. The fourth-order valence-corrected chi connectivity index (χ4v) is 3.01. The van der Waals surface area contributed by atoms with E-state index in [2.05, 4.69) is 20.5 Å². The summed E-state index contributed by atoms with van der Waals surface area (Å²) < 4.78 is 0. The zero-order chi connectivity index (χ0) is 15.8. The molecule has 0 unspecified atom stereocenters. The first-order valence-corrected chi connectivity index (χ1v) is 7.23. The van der Waals surface area contributed by atoms with Crippen molar-refractivity contribution in [1.29, 1.82) is 0 Å². The Morgan fingerprint density at radius 3 is 2.05 bits per heavy atom. The van der Waals surface area contributed by atoms with Gasteiger partial charge in [0.2, 0.25) is 5.95 Å². The van der Waals surface area contributed by atoms with Gasteiger partial charge < -0.3 is 5.21 Å². The SMILES string of the molecule is Cc1cc(C)nc(NN=C2CC(C)(C)N(O)C(C)(C)C2)n1. The van der Waals surface area contributed by atoms with Gasteiger partial charge >= 0.3 is 0 Å². The maximum Gasteiger partial charge on any atom is 0.243 e. The van der Waals surface area contributed by atoms with Gasteiger partial charge in [-0.25, -0.2) is 15.4 Å². The van der Waals surface area contributed by atoms with Gasteiger partial charge in [0.25, 0.3) is 0 Å². The summed E-state index contributed by atoms with van der Waals surface area (Å²) in [6, 6.07) is 1.93. The summed E-state index contributed by atoms with van der Waals surface area (Å²) in [6.07, 6.45) is 1.40. The number of nitrogens with zero attached hydrogens (tertiary/aromatic N) is 4. The standard InChI is InChI=1S/C15H25N5O/c1-10-7-11(2)17-13(16-10)19-18-12-8-14(3,4)20(21)15(5,6)9-12/h7,21H,8-9H2,1-6H3,(H,16,17,19). The lowest BCUT2D eigenvalue weighted by molar-refractivity contribution is -0.226. The normalized spacial score (nSPS) is 21.2. The van der Waals surface area contributed by atoms with E-state index in [4.69, 9.17) is 0 Å². The fourth-order valence-electron chi connectivity index (χ4n) is 3.01. The van der Waals surface area contributed by atoms with E-state index in [1.165, 1.54) is 5.06 Å². The van der Waals surface area contributed by atoms with Crippen molar-refractivity contribution in [2.24, 2.45) is 5.10 Å². The van der Waals surface area contributed by atoms with Crippen molar-refractivity contribution in [3.05, 3.63) is 17.5 Å². The number of piperidine rings is 1. The molecule has 1 saturated heterocycles. The molecule has 6 heteroatoms. The van der Waals surface area contributed by atoms with Gasteiger partial charge in [0.1, 0.15) is 0 Å². The quantitative estimate of drug-likeness (QED) is 0.820. The molecule has 0 aromatic carbocycles. The lowest BCUT2D eigenvalue weighted by atomic mass is 9.81. The van der Waals surface area contributed by atoms with Crippen molar-refractivity contribution in [3.8, 4) is 0 Å². The largest absolute Gasteiger partial charge is 0.313 e. The molecule has 0 atom stereocenters. The van der Waals surface area contributed by atoms with Crippen molar-refractivity contribution in [1.82, 2.24) is 15.0 Å². The second-order valence-electron chi connectivity index (χ2n) is 7.05. The van der Waals surface area contributed by atoms with E-state index in [0.29, 0.717) is 18.8 Å². The van der Waals surface area contributed by atoms with Gasteiger partial charge in [0.05, 0.1) is 0 Å². The Bertz CT molecular complexity index is 525. The number of anilines is 1. The van der Waals surface area contributed by atoms with E-state index in [-0.39, 0.29) is 11.1 Å². The number of nitrogens with one attached hydrogen (secondary N) is 1. The maximum atomic E-state index is 10.3. The van der Waals surface area contributed by atoms with Crippen molar-refractivity contribution >= 4 is 11.7 Å². The highest BCUT2D eigenvalue weighted by Gasteiger charge is 2.43. The smallest absolute Gasteiger partial charge is 0.243 e. The first kappa shape index (κ1) is 15.9. The minimum atomic E-state index is -0.342. The van der Waals surface area contributed by atoms with Gasteiger partial charge in [0.15, 0.2) is 0 Å². The first-order chi connectivity index (χ1) is 9.60. The van der Waals surface area contributed by atoms with Crippen LogP contribution in [-0.2, 0) is 0 Å². The molecule has 0 spiro atoms. The minimum Gasteiger partial charge on any atom is -0.313 e. The summed E-state index contributed by atoms with van der Waals surface area (Å²) in [5.41, 5.74) is 5.11. The Morgan fingerprint density at radius 2 is 1.57 bits per heavy atom. The molecule has 0 aliphatic carbocycles. The number of rotatable bonds is 2. The highest BCUT2D eigenvalue weighted by atomic mass is 16.5. The topological polar surface area (TPSA) is 73.6 Å². The Kier molecular flexibility index (Phi) is 4.04. The van der Waals surface area contributed by atoms with Gasteiger partial charge in [-0.05, 0) is 47.6 Å². The lowest BCUT2D eigenvalue weighted by Crippen LogP contribution is -2.59. The fraction of sp³-hybridized carbons (Fsp3) is 0.667. The molecule has 0 saturated carbocycles. The molecule has 2 rings (SSSR count). The number of hydrazone groups is 1. The summed E-state index contributed by atoms with van der Waals surface area (Å²) in [4.78, 5) is 8.63. The molecular formula is C15H25N5O. The van der Waals surface area contributed by atoms with Gasteiger partial charge in [-0.15, -0.1) is 0 Å². The molecule has 1 aliphatic heterocycles.